The Morgan fingerprint density at radius 3 is 2.65 bits per heavy atom. The van der Waals surface area contributed by atoms with Gasteiger partial charge in [-0.3, -0.25) is 0 Å². The monoisotopic (exact) mass is 293 g/mol. The number of hydrogen-bond acceptors (Lipinski definition) is 5. The average molecular weight is 294 g/mol. The minimum absolute atomic E-state index is 0.0147. The second-order valence-electron chi connectivity index (χ2n) is 3.87. The van der Waals surface area contributed by atoms with Gasteiger partial charge in [-0.05, 0) is 5.56 Å². The minimum Gasteiger partial charge on any atom is -0.479 e. The number of rotatable bonds is 5. The molecule has 7 heteroatoms. The smallest absolute Gasteiger partial charge is 0.360 e. The second kappa shape index (κ2) is 6.21. The standard InChI is InChI=1S/C13H12ClN3O3/c1-20-12-9(13(18)19)16-10(14)11(17-12)15-7-8-5-3-2-4-6-8/h2-6H,7H2,1H3,(H,15,17)(H,18,19). The van der Waals surface area contributed by atoms with Crippen molar-refractivity contribution in [2.45, 2.75) is 6.54 Å². The van der Waals surface area contributed by atoms with E-state index in [9.17, 15) is 4.79 Å². The molecule has 0 saturated heterocycles. The lowest BCUT2D eigenvalue weighted by Gasteiger charge is -2.10. The Morgan fingerprint density at radius 2 is 2.05 bits per heavy atom. The van der Waals surface area contributed by atoms with Crippen LogP contribution < -0.4 is 10.1 Å². The Bertz CT molecular complexity index is 620. The number of carboxylic acid groups (broad SMARTS) is 1. The number of nitrogens with one attached hydrogen (secondary N) is 1. The van der Waals surface area contributed by atoms with Crippen LogP contribution in [0.25, 0.3) is 0 Å². The van der Waals surface area contributed by atoms with Gasteiger partial charge in [0.05, 0.1) is 7.11 Å². The lowest BCUT2D eigenvalue weighted by Crippen LogP contribution is -2.10. The van der Waals surface area contributed by atoms with Crippen LogP contribution in [0, 0.1) is 0 Å². The van der Waals surface area contributed by atoms with Gasteiger partial charge in [0, 0.05) is 6.54 Å². The molecule has 104 valence electrons. The second-order valence-corrected chi connectivity index (χ2v) is 4.22. The molecular formula is C13H12ClN3O3. The van der Waals surface area contributed by atoms with Crippen LogP contribution in [0.15, 0.2) is 30.3 Å². The summed E-state index contributed by atoms with van der Waals surface area (Å²) in [6.45, 7) is 0.491. The average Bonchev–Trinajstić information content (AvgIpc) is 2.46. The molecule has 1 heterocycles. The molecule has 6 nitrogen and oxygen atoms in total. The lowest BCUT2D eigenvalue weighted by molar-refractivity contribution is 0.0685. The predicted octanol–water partition coefficient (Wildman–Crippen LogP) is 2.45. The summed E-state index contributed by atoms with van der Waals surface area (Å²) < 4.78 is 4.90. The molecule has 1 aromatic carbocycles. The van der Waals surface area contributed by atoms with E-state index in [1.54, 1.807) is 0 Å². The van der Waals surface area contributed by atoms with E-state index in [4.69, 9.17) is 21.4 Å². The van der Waals surface area contributed by atoms with Gasteiger partial charge in [0.2, 0.25) is 11.6 Å². The number of nitrogens with zero attached hydrogens (tertiary/aromatic N) is 2. The first-order valence-corrected chi connectivity index (χ1v) is 6.12. The molecule has 0 radical (unpaired) electrons. The van der Waals surface area contributed by atoms with E-state index in [1.165, 1.54) is 7.11 Å². The van der Waals surface area contributed by atoms with Crippen LogP contribution in [0.5, 0.6) is 5.88 Å². The molecule has 0 saturated carbocycles. The third-order valence-electron chi connectivity index (χ3n) is 2.52. The molecule has 0 spiro atoms. The summed E-state index contributed by atoms with van der Waals surface area (Å²) in [6, 6.07) is 9.63. The van der Waals surface area contributed by atoms with E-state index in [-0.39, 0.29) is 22.5 Å². The molecular weight excluding hydrogens is 282 g/mol. The molecule has 2 N–H and O–H groups in total. The van der Waals surface area contributed by atoms with Crippen molar-refractivity contribution in [2.24, 2.45) is 0 Å². The number of aromatic carboxylic acids is 1. The Kier molecular flexibility index (Phi) is 4.37. The van der Waals surface area contributed by atoms with Crippen molar-refractivity contribution in [3.63, 3.8) is 0 Å². The molecule has 20 heavy (non-hydrogen) atoms. The van der Waals surface area contributed by atoms with Crippen molar-refractivity contribution in [2.75, 3.05) is 12.4 Å². The summed E-state index contributed by atoms with van der Waals surface area (Å²) in [5.74, 6) is -1.05. The molecule has 1 aromatic heterocycles. The van der Waals surface area contributed by atoms with Crippen LogP contribution in [0.2, 0.25) is 5.15 Å². The Balaban J connectivity index is 2.22. The summed E-state index contributed by atoms with van der Waals surface area (Å²) in [5.41, 5.74) is 0.717. The number of aromatic nitrogens is 2. The van der Waals surface area contributed by atoms with Crippen molar-refractivity contribution in [3.05, 3.63) is 46.7 Å². The molecule has 0 fully saturated rings. The normalized spacial score (nSPS) is 10.1. The number of hydrogen-bond donors (Lipinski definition) is 2. The van der Waals surface area contributed by atoms with Crippen molar-refractivity contribution >= 4 is 23.4 Å². The predicted molar refractivity (Wildman–Crippen MR) is 74.3 cm³/mol. The first kappa shape index (κ1) is 14.1. The van der Waals surface area contributed by atoms with Crippen LogP contribution in [0.1, 0.15) is 16.1 Å². The number of carboxylic acids is 1. The molecule has 0 aliphatic rings. The fourth-order valence-electron chi connectivity index (χ4n) is 1.58. The molecule has 0 aliphatic heterocycles. The van der Waals surface area contributed by atoms with Crippen molar-refractivity contribution in [1.82, 2.24) is 9.97 Å². The highest BCUT2D eigenvalue weighted by Crippen LogP contribution is 2.24. The quantitative estimate of drug-likeness (QED) is 0.881. The van der Waals surface area contributed by atoms with Crippen LogP contribution >= 0.6 is 11.6 Å². The fraction of sp³-hybridized carbons (Fsp3) is 0.154. The molecule has 0 bridgehead atoms. The number of anilines is 1. The van der Waals surface area contributed by atoms with E-state index in [0.29, 0.717) is 6.54 Å². The topological polar surface area (TPSA) is 84.3 Å². The highest BCUT2D eigenvalue weighted by Gasteiger charge is 2.18. The van der Waals surface area contributed by atoms with Crippen molar-refractivity contribution in [1.29, 1.82) is 0 Å². The van der Waals surface area contributed by atoms with Crippen LogP contribution in [-0.2, 0) is 6.54 Å². The molecule has 2 aromatic rings. The molecule has 0 unspecified atom stereocenters. The van der Waals surface area contributed by atoms with Crippen molar-refractivity contribution in [3.8, 4) is 5.88 Å². The maximum Gasteiger partial charge on any atom is 0.360 e. The highest BCUT2D eigenvalue weighted by molar-refractivity contribution is 6.31. The zero-order chi connectivity index (χ0) is 14.5. The zero-order valence-corrected chi connectivity index (χ0v) is 11.4. The SMILES string of the molecule is COc1nc(NCc2ccccc2)c(Cl)nc1C(=O)O. The van der Waals surface area contributed by atoms with Gasteiger partial charge in [0.1, 0.15) is 0 Å². The van der Waals surface area contributed by atoms with Gasteiger partial charge in [-0.2, -0.15) is 4.98 Å². The van der Waals surface area contributed by atoms with Gasteiger partial charge >= 0.3 is 5.97 Å². The number of ether oxygens (including phenoxy) is 1. The highest BCUT2D eigenvalue weighted by atomic mass is 35.5. The van der Waals surface area contributed by atoms with Gasteiger partial charge in [0.15, 0.2) is 11.0 Å². The fourth-order valence-corrected chi connectivity index (χ4v) is 1.77. The number of carbonyl (C=O) groups is 1. The largest absolute Gasteiger partial charge is 0.479 e. The zero-order valence-electron chi connectivity index (χ0n) is 10.6. The van der Waals surface area contributed by atoms with Gasteiger partial charge in [0.25, 0.3) is 0 Å². The summed E-state index contributed by atoms with van der Waals surface area (Å²) in [4.78, 5) is 18.8. The number of benzene rings is 1. The maximum atomic E-state index is 11.0. The third kappa shape index (κ3) is 3.16. The van der Waals surface area contributed by atoms with E-state index in [0.717, 1.165) is 5.56 Å². The summed E-state index contributed by atoms with van der Waals surface area (Å²) >= 11 is 5.91. The summed E-state index contributed by atoms with van der Waals surface area (Å²) in [5, 5.41) is 11.9. The molecule has 0 aliphatic carbocycles. The van der Waals surface area contributed by atoms with Crippen molar-refractivity contribution < 1.29 is 14.6 Å². The van der Waals surface area contributed by atoms with E-state index in [2.05, 4.69) is 15.3 Å². The van der Waals surface area contributed by atoms with Crippen LogP contribution in [0.3, 0.4) is 0 Å². The molecule has 2 rings (SSSR count). The first-order valence-electron chi connectivity index (χ1n) is 5.74. The Labute approximate surface area is 120 Å². The van der Waals surface area contributed by atoms with Crippen LogP contribution in [-0.4, -0.2) is 28.2 Å². The Hall–Kier alpha value is -2.34. The molecule has 0 amide bonds. The van der Waals surface area contributed by atoms with Gasteiger partial charge in [-0.1, -0.05) is 41.9 Å². The minimum atomic E-state index is -1.24. The summed E-state index contributed by atoms with van der Waals surface area (Å²) in [6.07, 6.45) is 0. The third-order valence-corrected chi connectivity index (χ3v) is 2.78. The number of halogens is 1. The van der Waals surface area contributed by atoms with E-state index in [1.807, 2.05) is 30.3 Å². The Morgan fingerprint density at radius 1 is 1.35 bits per heavy atom. The first-order chi connectivity index (χ1) is 9.61. The summed E-state index contributed by atoms with van der Waals surface area (Å²) in [7, 11) is 1.32. The van der Waals surface area contributed by atoms with Gasteiger partial charge in [-0.25, -0.2) is 9.78 Å². The maximum absolute atomic E-state index is 11.0. The molecule has 0 atom stereocenters. The van der Waals surface area contributed by atoms with Gasteiger partial charge < -0.3 is 15.2 Å². The van der Waals surface area contributed by atoms with Gasteiger partial charge in [-0.15, -0.1) is 0 Å². The van der Waals surface area contributed by atoms with E-state index < -0.39 is 5.97 Å². The number of methoxy groups -OCH3 is 1. The van der Waals surface area contributed by atoms with Crippen LogP contribution in [0.4, 0.5) is 5.82 Å². The lowest BCUT2D eigenvalue weighted by atomic mass is 10.2. The van der Waals surface area contributed by atoms with E-state index >= 15 is 0 Å².